The molecule has 3 rings (SSSR count). The lowest BCUT2D eigenvalue weighted by atomic mass is 10.1. The first-order valence-corrected chi connectivity index (χ1v) is 6.68. The fraction of sp³-hybridized carbons (Fsp3) is 0.357. The number of H-pyrrole nitrogens is 1. The average Bonchev–Trinajstić information content (AvgIpc) is 3.01. The molecule has 1 N–H and O–H groups in total. The van der Waals surface area contributed by atoms with Gasteiger partial charge in [0.2, 0.25) is 0 Å². The van der Waals surface area contributed by atoms with E-state index in [0.717, 1.165) is 0 Å². The molecule has 2 heterocycles. The number of halogens is 1. The molecule has 6 nitrogen and oxygen atoms in total. The van der Waals surface area contributed by atoms with Crippen molar-refractivity contribution in [3.8, 4) is 0 Å². The Bertz CT molecular complexity index is 624. The van der Waals surface area contributed by atoms with E-state index in [9.17, 15) is 9.18 Å². The number of morpholine rings is 1. The van der Waals surface area contributed by atoms with Gasteiger partial charge in [-0.2, -0.15) is 5.10 Å². The topological polar surface area (TPSA) is 71.1 Å². The molecule has 1 atom stereocenters. The molecule has 0 saturated carbocycles. The second-order valence-corrected chi connectivity index (χ2v) is 4.91. The molecule has 0 radical (unpaired) electrons. The molecule has 0 spiro atoms. The predicted octanol–water partition coefficient (Wildman–Crippen LogP) is 1.47. The van der Waals surface area contributed by atoms with Crippen molar-refractivity contribution in [3.63, 3.8) is 0 Å². The van der Waals surface area contributed by atoms with Crippen LogP contribution in [0.4, 0.5) is 4.39 Å². The van der Waals surface area contributed by atoms with Gasteiger partial charge in [-0.15, -0.1) is 0 Å². The third kappa shape index (κ3) is 2.64. The van der Waals surface area contributed by atoms with E-state index in [1.54, 1.807) is 24.0 Å². The zero-order valence-electron chi connectivity index (χ0n) is 11.5. The van der Waals surface area contributed by atoms with E-state index < -0.39 is 5.82 Å². The molecule has 1 aromatic heterocycles. The van der Waals surface area contributed by atoms with Crippen LogP contribution < -0.4 is 0 Å². The number of aromatic amines is 1. The lowest BCUT2D eigenvalue weighted by Gasteiger charge is -2.32. The molecule has 1 saturated heterocycles. The molecule has 1 amide bonds. The number of ether oxygens (including phenoxy) is 1. The molecule has 1 aliphatic heterocycles. The first-order valence-electron chi connectivity index (χ1n) is 6.68. The van der Waals surface area contributed by atoms with Crippen molar-refractivity contribution in [1.82, 2.24) is 20.1 Å². The highest BCUT2D eigenvalue weighted by atomic mass is 19.1. The Morgan fingerprint density at radius 3 is 3.10 bits per heavy atom. The summed E-state index contributed by atoms with van der Waals surface area (Å²) in [6.07, 6.45) is 1.03. The van der Waals surface area contributed by atoms with Crippen molar-refractivity contribution >= 4 is 5.91 Å². The summed E-state index contributed by atoms with van der Waals surface area (Å²) in [6, 6.07) is 4.62. The molecule has 0 aliphatic carbocycles. The standard InChI is InChI=1S/C14H15FN4O2/c1-9-3-2-4-10(15)12(9)14(20)19-5-6-21-11(7-19)13-16-8-17-18-13/h2-4,8,11H,5-7H2,1H3,(H,16,17,18). The van der Waals surface area contributed by atoms with Crippen LogP contribution in [0.15, 0.2) is 24.5 Å². The first-order chi connectivity index (χ1) is 10.2. The van der Waals surface area contributed by atoms with E-state index in [4.69, 9.17) is 4.74 Å². The summed E-state index contributed by atoms with van der Waals surface area (Å²) in [7, 11) is 0. The Morgan fingerprint density at radius 2 is 2.38 bits per heavy atom. The van der Waals surface area contributed by atoms with E-state index in [0.29, 0.717) is 31.1 Å². The first kappa shape index (κ1) is 13.7. The van der Waals surface area contributed by atoms with E-state index in [1.807, 2.05) is 0 Å². The largest absolute Gasteiger partial charge is 0.367 e. The number of amides is 1. The maximum Gasteiger partial charge on any atom is 0.257 e. The van der Waals surface area contributed by atoms with Crippen molar-refractivity contribution in [3.05, 3.63) is 47.3 Å². The summed E-state index contributed by atoms with van der Waals surface area (Å²) in [4.78, 5) is 18.2. The third-order valence-corrected chi connectivity index (χ3v) is 3.53. The SMILES string of the molecule is Cc1cccc(F)c1C(=O)N1CCOC(c2ncn[nH]2)C1. The number of benzene rings is 1. The quantitative estimate of drug-likeness (QED) is 0.909. The van der Waals surface area contributed by atoms with Crippen LogP contribution in [0.1, 0.15) is 27.8 Å². The molecule has 1 fully saturated rings. The normalized spacial score (nSPS) is 18.8. The van der Waals surface area contributed by atoms with Crippen molar-refractivity contribution in [2.24, 2.45) is 0 Å². The van der Waals surface area contributed by atoms with E-state index in [-0.39, 0.29) is 17.6 Å². The molecule has 0 bridgehead atoms. The van der Waals surface area contributed by atoms with Gasteiger partial charge in [0, 0.05) is 6.54 Å². The van der Waals surface area contributed by atoms with Crippen LogP contribution >= 0.6 is 0 Å². The Kier molecular flexibility index (Phi) is 3.66. The zero-order valence-corrected chi connectivity index (χ0v) is 11.5. The minimum Gasteiger partial charge on any atom is -0.367 e. The van der Waals surface area contributed by atoms with Gasteiger partial charge in [0.15, 0.2) is 5.82 Å². The van der Waals surface area contributed by atoms with Crippen molar-refractivity contribution in [2.45, 2.75) is 13.0 Å². The lowest BCUT2D eigenvalue weighted by molar-refractivity contribution is -0.0268. The summed E-state index contributed by atoms with van der Waals surface area (Å²) in [5.41, 5.74) is 0.749. The number of hydrogen-bond acceptors (Lipinski definition) is 4. The lowest BCUT2D eigenvalue weighted by Crippen LogP contribution is -2.43. The molecular formula is C14H15FN4O2. The summed E-state index contributed by atoms with van der Waals surface area (Å²) >= 11 is 0. The Labute approximate surface area is 120 Å². The van der Waals surface area contributed by atoms with Gasteiger partial charge in [-0.3, -0.25) is 9.89 Å². The Hall–Kier alpha value is -2.28. The maximum atomic E-state index is 13.9. The van der Waals surface area contributed by atoms with Gasteiger partial charge in [0.25, 0.3) is 5.91 Å². The number of aryl methyl sites for hydroxylation is 1. The number of nitrogens with zero attached hydrogens (tertiary/aromatic N) is 3. The second kappa shape index (κ2) is 5.61. The van der Waals surface area contributed by atoms with Gasteiger partial charge < -0.3 is 9.64 Å². The monoisotopic (exact) mass is 290 g/mol. The van der Waals surface area contributed by atoms with Gasteiger partial charge in [0.1, 0.15) is 18.2 Å². The Morgan fingerprint density at radius 1 is 1.52 bits per heavy atom. The molecule has 21 heavy (non-hydrogen) atoms. The summed E-state index contributed by atoms with van der Waals surface area (Å²) in [5, 5.41) is 6.50. The number of nitrogens with one attached hydrogen (secondary N) is 1. The van der Waals surface area contributed by atoms with Crippen LogP contribution in [-0.4, -0.2) is 45.7 Å². The summed E-state index contributed by atoms with van der Waals surface area (Å²) < 4.78 is 19.5. The molecule has 1 unspecified atom stereocenters. The average molecular weight is 290 g/mol. The number of hydrogen-bond donors (Lipinski definition) is 1. The minimum atomic E-state index is -0.497. The fourth-order valence-corrected chi connectivity index (χ4v) is 2.43. The van der Waals surface area contributed by atoms with E-state index in [1.165, 1.54) is 12.4 Å². The zero-order chi connectivity index (χ0) is 14.8. The highest BCUT2D eigenvalue weighted by Gasteiger charge is 2.29. The third-order valence-electron chi connectivity index (χ3n) is 3.53. The van der Waals surface area contributed by atoms with Crippen LogP contribution in [0.5, 0.6) is 0 Å². The van der Waals surface area contributed by atoms with E-state index in [2.05, 4.69) is 15.2 Å². The molecule has 2 aromatic rings. The molecule has 7 heteroatoms. The van der Waals surface area contributed by atoms with Crippen LogP contribution in [0.3, 0.4) is 0 Å². The van der Waals surface area contributed by atoms with Gasteiger partial charge in [-0.25, -0.2) is 9.37 Å². The van der Waals surface area contributed by atoms with Crippen LogP contribution in [0, 0.1) is 12.7 Å². The minimum absolute atomic E-state index is 0.121. The fourth-order valence-electron chi connectivity index (χ4n) is 2.43. The Balaban J connectivity index is 1.82. The van der Waals surface area contributed by atoms with Gasteiger partial charge in [-0.1, -0.05) is 12.1 Å². The number of rotatable bonds is 2. The van der Waals surface area contributed by atoms with Crippen molar-refractivity contribution < 1.29 is 13.9 Å². The highest BCUT2D eigenvalue weighted by Crippen LogP contribution is 2.22. The second-order valence-electron chi connectivity index (χ2n) is 4.91. The summed E-state index contributed by atoms with van der Waals surface area (Å²) in [6.45, 7) is 2.86. The predicted molar refractivity (Wildman–Crippen MR) is 72.1 cm³/mol. The van der Waals surface area contributed by atoms with Gasteiger partial charge in [0.05, 0.1) is 18.7 Å². The van der Waals surface area contributed by atoms with Crippen LogP contribution in [0.25, 0.3) is 0 Å². The summed E-state index contributed by atoms with van der Waals surface area (Å²) in [5.74, 6) is -0.251. The number of aromatic nitrogens is 3. The van der Waals surface area contributed by atoms with Gasteiger partial charge in [-0.05, 0) is 18.6 Å². The molecule has 1 aromatic carbocycles. The van der Waals surface area contributed by atoms with Crippen LogP contribution in [-0.2, 0) is 4.74 Å². The molecular weight excluding hydrogens is 275 g/mol. The molecule has 1 aliphatic rings. The van der Waals surface area contributed by atoms with Crippen molar-refractivity contribution in [2.75, 3.05) is 19.7 Å². The van der Waals surface area contributed by atoms with Crippen LogP contribution in [0.2, 0.25) is 0 Å². The maximum absolute atomic E-state index is 13.9. The smallest absolute Gasteiger partial charge is 0.257 e. The number of carbonyl (C=O) groups is 1. The number of carbonyl (C=O) groups excluding carboxylic acids is 1. The highest BCUT2D eigenvalue weighted by molar-refractivity contribution is 5.96. The van der Waals surface area contributed by atoms with Crippen molar-refractivity contribution in [1.29, 1.82) is 0 Å². The van der Waals surface area contributed by atoms with E-state index >= 15 is 0 Å². The van der Waals surface area contributed by atoms with Gasteiger partial charge >= 0.3 is 0 Å². The molecule has 110 valence electrons.